The van der Waals surface area contributed by atoms with Gasteiger partial charge in [-0.3, -0.25) is 9.59 Å². The first-order valence-corrected chi connectivity index (χ1v) is 6.31. The summed E-state index contributed by atoms with van der Waals surface area (Å²) in [7, 11) is 0. The minimum Gasteiger partial charge on any atom is -0.461 e. The van der Waals surface area contributed by atoms with Crippen LogP contribution in [0.5, 0.6) is 0 Å². The zero-order valence-corrected chi connectivity index (χ0v) is 10.3. The van der Waals surface area contributed by atoms with Crippen LogP contribution in [0.15, 0.2) is 0 Å². The highest BCUT2D eigenvalue weighted by Gasteiger charge is 2.34. The lowest BCUT2D eigenvalue weighted by Gasteiger charge is -2.07. The number of carbonyl (C=O) groups excluding carboxylic acids is 2. The van der Waals surface area contributed by atoms with E-state index in [2.05, 4.69) is 13.8 Å². The van der Waals surface area contributed by atoms with Crippen LogP contribution in [0.1, 0.15) is 33.6 Å². The zero-order valence-electron chi connectivity index (χ0n) is 9.49. The van der Waals surface area contributed by atoms with Crippen LogP contribution in [0.25, 0.3) is 0 Å². The molecule has 0 amide bonds. The Balaban J connectivity index is 2.35. The molecule has 0 radical (unpaired) electrons. The molecular formula is C11H18O3S. The van der Waals surface area contributed by atoms with Crippen molar-refractivity contribution in [1.29, 1.82) is 0 Å². The maximum absolute atomic E-state index is 11.4. The molecule has 0 bridgehead atoms. The third kappa shape index (κ3) is 4.24. The van der Waals surface area contributed by atoms with Crippen molar-refractivity contribution in [2.45, 2.75) is 39.7 Å². The molecule has 86 valence electrons. The number of thioether (sulfide) groups is 1. The molecule has 15 heavy (non-hydrogen) atoms. The van der Waals surface area contributed by atoms with Gasteiger partial charge in [0.2, 0.25) is 0 Å². The Morgan fingerprint density at radius 1 is 1.60 bits per heavy atom. The Morgan fingerprint density at radius 2 is 2.27 bits per heavy atom. The summed E-state index contributed by atoms with van der Waals surface area (Å²) in [6.07, 6.45) is 1.60. The van der Waals surface area contributed by atoms with Crippen molar-refractivity contribution < 1.29 is 14.3 Å². The molecule has 1 rings (SSSR count). The van der Waals surface area contributed by atoms with Crippen LogP contribution in [0, 0.1) is 11.8 Å². The number of ether oxygens (including phenoxy) is 1. The average Bonchev–Trinajstić information content (AvgIpc) is 2.43. The molecule has 0 N–H and O–H groups in total. The van der Waals surface area contributed by atoms with Gasteiger partial charge in [0.15, 0.2) is 5.12 Å². The van der Waals surface area contributed by atoms with Crippen LogP contribution in [0.3, 0.4) is 0 Å². The fourth-order valence-corrected chi connectivity index (χ4v) is 2.42. The van der Waals surface area contributed by atoms with Crippen LogP contribution < -0.4 is 0 Å². The van der Waals surface area contributed by atoms with Gasteiger partial charge in [0.25, 0.3) is 0 Å². The molecule has 1 heterocycles. The van der Waals surface area contributed by atoms with Gasteiger partial charge >= 0.3 is 5.97 Å². The van der Waals surface area contributed by atoms with E-state index in [9.17, 15) is 9.59 Å². The molecule has 3 nitrogen and oxygen atoms in total. The lowest BCUT2D eigenvalue weighted by molar-refractivity contribution is -0.144. The lowest BCUT2D eigenvalue weighted by atomic mass is 9.95. The third-order valence-electron chi connectivity index (χ3n) is 2.39. The van der Waals surface area contributed by atoms with Crippen molar-refractivity contribution >= 4 is 22.8 Å². The van der Waals surface area contributed by atoms with Crippen molar-refractivity contribution in [2.24, 2.45) is 11.8 Å². The molecule has 2 atom stereocenters. The molecule has 1 aliphatic rings. The summed E-state index contributed by atoms with van der Waals surface area (Å²) in [5.74, 6) is 1.08. The number of hydrogen-bond acceptors (Lipinski definition) is 4. The van der Waals surface area contributed by atoms with Gasteiger partial charge in [-0.25, -0.2) is 0 Å². The van der Waals surface area contributed by atoms with E-state index in [1.54, 1.807) is 0 Å². The van der Waals surface area contributed by atoms with Crippen molar-refractivity contribution in [1.82, 2.24) is 0 Å². The fourth-order valence-electron chi connectivity index (χ4n) is 1.80. The van der Waals surface area contributed by atoms with Crippen LogP contribution in [0.4, 0.5) is 0 Å². The Bertz CT molecular complexity index is 250. The second-order valence-corrected chi connectivity index (χ2v) is 5.62. The highest BCUT2D eigenvalue weighted by Crippen LogP contribution is 2.28. The van der Waals surface area contributed by atoms with E-state index < -0.39 is 0 Å². The highest BCUT2D eigenvalue weighted by atomic mass is 32.2. The first-order valence-electron chi connectivity index (χ1n) is 5.33. The monoisotopic (exact) mass is 230 g/mol. The van der Waals surface area contributed by atoms with E-state index in [1.165, 1.54) is 18.7 Å². The topological polar surface area (TPSA) is 43.4 Å². The predicted octanol–water partition coefficient (Wildman–Crippen LogP) is 2.24. The van der Waals surface area contributed by atoms with Crippen molar-refractivity contribution in [3.63, 3.8) is 0 Å². The molecule has 1 fully saturated rings. The Kier molecular flexibility index (Phi) is 4.64. The van der Waals surface area contributed by atoms with Gasteiger partial charge in [0, 0.05) is 12.7 Å². The van der Waals surface area contributed by atoms with E-state index in [4.69, 9.17) is 4.74 Å². The molecule has 1 saturated heterocycles. The molecular weight excluding hydrogens is 212 g/mol. The number of hydrogen-bond donors (Lipinski definition) is 0. The molecule has 0 aliphatic carbocycles. The van der Waals surface area contributed by atoms with E-state index in [1.807, 2.05) is 0 Å². The van der Waals surface area contributed by atoms with E-state index in [0.717, 1.165) is 12.8 Å². The van der Waals surface area contributed by atoms with Crippen LogP contribution in [0.2, 0.25) is 0 Å². The number of cyclic esters (lactones) is 1. The summed E-state index contributed by atoms with van der Waals surface area (Å²) < 4.78 is 5.21. The van der Waals surface area contributed by atoms with Crippen molar-refractivity contribution in [3.8, 4) is 0 Å². The number of esters is 1. The van der Waals surface area contributed by atoms with Crippen molar-refractivity contribution in [2.75, 3.05) is 5.75 Å². The van der Waals surface area contributed by atoms with E-state index >= 15 is 0 Å². The van der Waals surface area contributed by atoms with Crippen LogP contribution in [-0.2, 0) is 14.3 Å². The lowest BCUT2D eigenvalue weighted by Crippen LogP contribution is -2.10. The van der Waals surface area contributed by atoms with Gasteiger partial charge in [-0.2, -0.15) is 0 Å². The fraction of sp³-hybridized carbons (Fsp3) is 0.818. The summed E-state index contributed by atoms with van der Waals surface area (Å²) in [5, 5.41) is 0.0818. The number of rotatable bonds is 4. The molecule has 1 aliphatic heterocycles. The molecule has 0 aromatic carbocycles. The van der Waals surface area contributed by atoms with E-state index in [0.29, 0.717) is 11.7 Å². The normalized spacial score (nSPS) is 25.7. The summed E-state index contributed by atoms with van der Waals surface area (Å²) in [6.45, 7) is 5.74. The zero-order chi connectivity index (χ0) is 11.4. The van der Waals surface area contributed by atoms with Crippen LogP contribution >= 0.6 is 11.8 Å². The maximum Gasteiger partial charge on any atom is 0.309 e. The molecule has 0 unspecified atom stereocenters. The summed E-state index contributed by atoms with van der Waals surface area (Å²) >= 11 is 1.24. The van der Waals surface area contributed by atoms with Crippen LogP contribution in [-0.4, -0.2) is 22.9 Å². The van der Waals surface area contributed by atoms with Gasteiger partial charge in [-0.15, -0.1) is 0 Å². The van der Waals surface area contributed by atoms with Gasteiger partial charge < -0.3 is 4.74 Å². The van der Waals surface area contributed by atoms with Gasteiger partial charge in [-0.05, 0) is 18.8 Å². The molecule has 0 aromatic rings. The standard InChI is InChI=1S/C11H18O3S/c1-7(2)4-9-5-10(14-11(9)13)6-15-8(3)12/h7,9-10H,4-6H2,1-3H3/t9-,10+/m1/s1. The molecule has 0 aromatic heterocycles. The summed E-state index contributed by atoms with van der Waals surface area (Å²) in [6, 6.07) is 0. The van der Waals surface area contributed by atoms with Gasteiger partial charge in [-0.1, -0.05) is 25.6 Å². The van der Waals surface area contributed by atoms with Gasteiger partial charge in [0.1, 0.15) is 6.10 Å². The quantitative estimate of drug-likeness (QED) is 0.695. The summed E-state index contributed by atoms with van der Waals surface area (Å²) in [4.78, 5) is 22.2. The second kappa shape index (κ2) is 5.54. The maximum atomic E-state index is 11.4. The minimum atomic E-state index is -0.0853. The predicted molar refractivity (Wildman–Crippen MR) is 60.6 cm³/mol. The van der Waals surface area contributed by atoms with Gasteiger partial charge in [0.05, 0.1) is 5.92 Å². The first-order chi connectivity index (χ1) is 6.99. The highest BCUT2D eigenvalue weighted by molar-refractivity contribution is 8.13. The smallest absolute Gasteiger partial charge is 0.309 e. The Hall–Kier alpha value is -0.510. The van der Waals surface area contributed by atoms with E-state index in [-0.39, 0.29) is 23.1 Å². The Labute approximate surface area is 94.9 Å². The largest absolute Gasteiger partial charge is 0.461 e. The minimum absolute atomic E-state index is 0.0440. The average molecular weight is 230 g/mol. The van der Waals surface area contributed by atoms with Crippen molar-refractivity contribution in [3.05, 3.63) is 0 Å². The molecule has 0 saturated carbocycles. The number of carbonyl (C=O) groups is 2. The summed E-state index contributed by atoms with van der Waals surface area (Å²) in [5.41, 5.74) is 0. The first kappa shape index (κ1) is 12.6. The third-order valence-corrected chi connectivity index (χ3v) is 3.34. The second-order valence-electron chi connectivity index (χ2n) is 4.42. The molecule has 0 spiro atoms. The molecule has 4 heteroatoms. The SMILES string of the molecule is CC(=O)SC[C@@H]1C[C@@H](CC(C)C)C(=O)O1. The Morgan fingerprint density at radius 3 is 2.80 bits per heavy atom.